The van der Waals surface area contributed by atoms with Crippen LogP contribution in [0.15, 0.2) is 41.9 Å². The highest BCUT2D eigenvalue weighted by Crippen LogP contribution is 2.26. The summed E-state index contributed by atoms with van der Waals surface area (Å²) in [4.78, 5) is 16.2. The molecule has 0 bridgehead atoms. The van der Waals surface area contributed by atoms with Gasteiger partial charge in [0.15, 0.2) is 0 Å². The van der Waals surface area contributed by atoms with E-state index in [9.17, 15) is 4.79 Å². The smallest absolute Gasteiger partial charge is 0.257 e. The van der Waals surface area contributed by atoms with E-state index in [2.05, 4.69) is 16.5 Å². The molecule has 0 saturated carbocycles. The van der Waals surface area contributed by atoms with Gasteiger partial charge >= 0.3 is 0 Å². The van der Waals surface area contributed by atoms with E-state index in [1.54, 1.807) is 22.2 Å². The van der Waals surface area contributed by atoms with Crippen molar-refractivity contribution in [1.82, 2.24) is 14.7 Å². The summed E-state index contributed by atoms with van der Waals surface area (Å²) in [6, 6.07) is 9.55. The number of aromatic nitrogens is 2. The van der Waals surface area contributed by atoms with Crippen molar-refractivity contribution in [2.45, 2.75) is 19.9 Å². The fraction of sp³-hybridized carbons (Fsp3) is 0.222. The van der Waals surface area contributed by atoms with Crippen LogP contribution in [0.5, 0.6) is 0 Å². The second kappa shape index (κ2) is 6.07. The third kappa shape index (κ3) is 2.64. The minimum Gasteiger partial charge on any atom is -0.334 e. The van der Waals surface area contributed by atoms with E-state index in [4.69, 9.17) is 11.6 Å². The number of amides is 1. The molecule has 0 atom stereocenters. The molecule has 4 rings (SSSR count). The summed E-state index contributed by atoms with van der Waals surface area (Å²) in [5.74, 6) is 0.0459. The molecule has 0 radical (unpaired) electrons. The molecule has 1 aliphatic rings. The van der Waals surface area contributed by atoms with Crippen molar-refractivity contribution in [3.05, 3.63) is 68.6 Å². The number of carbonyl (C=O) groups excluding carboxylic acids is 1. The summed E-state index contributed by atoms with van der Waals surface area (Å²) < 4.78 is 1.78. The molecule has 0 N–H and O–H groups in total. The minimum absolute atomic E-state index is 0.0459. The third-order valence-electron chi connectivity index (χ3n) is 4.41. The maximum absolute atomic E-state index is 12.9. The van der Waals surface area contributed by atoms with Gasteiger partial charge in [0.25, 0.3) is 5.91 Å². The standard InChI is InChI=1S/C18H16ClN3OS/c1-12-16(10-20-22(12)15-4-2-14(19)3-5-15)18(23)21-8-6-17-13(11-21)7-9-24-17/h2-5,7,9-10H,6,8,11H2,1H3. The molecule has 0 unspecified atom stereocenters. The number of fused-ring (bicyclic) bond motifs is 1. The van der Waals surface area contributed by atoms with E-state index in [1.807, 2.05) is 36.1 Å². The van der Waals surface area contributed by atoms with Gasteiger partial charge in [0.1, 0.15) is 0 Å². The van der Waals surface area contributed by atoms with Crippen LogP contribution in [0.2, 0.25) is 5.02 Å². The summed E-state index contributed by atoms with van der Waals surface area (Å²) >= 11 is 7.71. The summed E-state index contributed by atoms with van der Waals surface area (Å²) in [7, 11) is 0. The molecule has 0 saturated heterocycles. The number of carbonyl (C=O) groups is 1. The van der Waals surface area contributed by atoms with Crippen LogP contribution >= 0.6 is 22.9 Å². The van der Waals surface area contributed by atoms with Crippen molar-refractivity contribution in [3.8, 4) is 5.69 Å². The fourth-order valence-electron chi connectivity index (χ4n) is 3.05. The first-order chi connectivity index (χ1) is 11.6. The Morgan fingerprint density at radius 1 is 1.25 bits per heavy atom. The van der Waals surface area contributed by atoms with Gasteiger partial charge in [-0.25, -0.2) is 4.68 Å². The molecule has 24 heavy (non-hydrogen) atoms. The lowest BCUT2D eigenvalue weighted by molar-refractivity contribution is 0.0735. The van der Waals surface area contributed by atoms with Crippen molar-refractivity contribution in [1.29, 1.82) is 0 Å². The van der Waals surface area contributed by atoms with Gasteiger partial charge in [-0.3, -0.25) is 4.79 Å². The highest BCUT2D eigenvalue weighted by Gasteiger charge is 2.25. The van der Waals surface area contributed by atoms with Crippen molar-refractivity contribution in [2.75, 3.05) is 6.54 Å². The van der Waals surface area contributed by atoms with Gasteiger partial charge in [-0.1, -0.05) is 11.6 Å². The zero-order valence-electron chi connectivity index (χ0n) is 13.2. The van der Waals surface area contributed by atoms with Crippen molar-refractivity contribution in [3.63, 3.8) is 0 Å². The predicted molar refractivity (Wildman–Crippen MR) is 96.1 cm³/mol. The van der Waals surface area contributed by atoms with Gasteiger partial charge in [-0.05, 0) is 54.6 Å². The van der Waals surface area contributed by atoms with E-state index in [-0.39, 0.29) is 5.91 Å². The summed E-state index contributed by atoms with van der Waals surface area (Å²) in [6.07, 6.45) is 2.60. The largest absolute Gasteiger partial charge is 0.334 e. The molecule has 1 aliphatic heterocycles. The van der Waals surface area contributed by atoms with Crippen molar-refractivity contribution < 1.29 is 4.79 Å². The van der Waals surface area contributed by atoms with Gasteiger partial charge in [-0.15, -0.1) is 11.3 Å². The van der Waals surface area contributed by atoms with E-state index < -0.39 is 0 Å². The van der Waals surface area contributed by atoms with E-state index >= 15 is 0 Å². The Morgan fingerprint density at radius 2 is 2.04 bits per heavy atom. The van der Waals surface area contributed by atoms with Crippen LogP contribution < -0.4 is 0 Å². The average molecular weight is 358 g/mol. The van der Waals surface area contributed by atoms with Crippen molar-refractivity contribution in [2.24, 2.45) is 0 Å². The van der Waals surface area contributed by atoms with Gasteiger partial charge in [0.2, 0.25) is 0 Å². The molecule has 3 aromatic rings. The molecule has 3 heterocycles. The van der Waals surface area contributed by atoms with Crippen LogP contribution in [-0.2, 0) is 13.0 Å². The molecular formula is C18H16ClN3OS. The highest BCUT2D eigenvalue weighted by atomic mass is 35.5. The van der Waals surface area contributed by atoms with Crippen LogP contribution in [0.25, 0.3) is 5.69 Å². The molecular weight excluding hydrogens is 342 g/mol. The Kier molecular flexibility index (Phi) is 3.90. The molecule has 2 aromatic heterocycles. The maximum atomic E-state index is 12.9. The molecule has 1 aromatic carbocycles. The van der Waals surface area contributed by atoms with Gasteiger partial charge in [0.05, 0.1) is 23.1 Å². The van der Waals surface area contributed by atoms with Gasteiger partial charge in [0, 0.05) is 23.0 Å². The second-order valence-corrected chi connectivity index (χ2v) is 7.31. The Bertz CT molecular complexity index is 897. The third-order valence-corrected chi connectivity index (χ3v) is 5.68. The SMILES string of the molecule is Cc1c(C(=O)N2CCc3sccc3C2)cnn1-c1ccc(Cl)cc1. The molecule has 0 aliphatic carbocycles. The second-order valence-electron chi connectivity index (χ2n) is 5.88. The zero-order valence-corrected chi connectivity index (χ0v) is 14.8. The first-order valence-corrected chi connectivity index (χ1v) is 9.04. The van der Waals surface area contributed by atoms with Crippen LogP contribution in [0.1, 0.15) is 26.5 Å². The Hall–Kier alpha value is -2.11. The Balaban J connectivity index is 1.61. The predicted octanol–water partition coefficient (Wildman–Crippen LogP) is 4.09. The first kappa shape index (κ1) is 15.4. The fourth-order valence-corrected chi connectivity index (χ4v) is 4.07. The number of hydrogen-bond donors (Lipinski definition) is 0. The molecule has 4 nitrogen and oxygen atoms in total. The Morgan fingerprint density at radius 3 is 2.83 bits per heavy atom. The lowest BCUT2D eigenvalue weighted by atomic mass is 10.1. The zero-order chi connectivity index (χ0) is 16.7. The summed E-state index contributed by atoms with van der Waals surface area (Å²) in [5, 5.41) is 7.17. The molecule has 0 fully saturated rings. The van der Waals surface area contributed by atoms with Crippen LogP contribution in [0.3, 0.4) is 0 Å². The summed E-state index contributed by atoms with van der Waals surface area (Å²) in [6.45, 7) is 3.37. The van der Waals surface area contributed by atoms with Gasteiger partial charge in [-0.2, -0.15) is 5.10 Å². The molecule has 6 heteroatoms. The van der Waals surface area contributed by atoms with Crippen LogP contribution in [0.4, 0.5) is 0 Å². The highest BCUT2D eigenvalue weighted by molar-refractivity contribution is 7.10. The number of nitrogens with zero attached hydrogens (tertiary/aromatic N) is 3. The number of rotatable bonds is 2. The first-order valence-electron chi connectivity index (χ1n) is 7.78. The van der Waals surface area contributed by atoms with Gasteiger partial charge < -0.3 is 4.90 Å². The van der Waals surface area contributed by atoms with Crippen molar-refractivity contribution >= 4 is 28.8 Å². The normalized spacial score (nSPS) is 13.8. The number of hydrogen-bond acceptors (Lipinski definition) is 3. The molecule has 0 spiro atoms. The number of benzene rings is 1. The average Bonchev–Trinajstić information content (AvgIpc) is 3.21. The van der Waals surface area contributed by atoms with E-state index in [0.717, 1.165) is 24.3 Å². The number of halogens is 1. The van der Waals surface area contributed by atoms with E-state index in [1.165, 1.54) is 10.4 Å². The summed E-state index contributed by atoms with van der Waals surface area (Å²) in [5.41, 5.74) is 3.67. The maximum Gasteiger partial charge on any atom is 0.257 e. The molecule has 122 valence electrons. The Labute approximate surface area is 149 Å². The van der Waals surface area contributed by atoms with Crippen LogP contribution in [-0.4, -0.2) is 27.1 Å². The monoisotopic (exact) mass is 357 g/mol. The lowest BCUT2D eigenvalue weighted by Gasteiger charge is -2.26. The van der Waals surface area contributed by atoms with Crippen LogP contribution in [0, 0.1) is 6.92 Å². The number of thiophene rings is 1. The lowest BCUT2D eigenvalue weighted by Crippen LogP contribution is -2.35. The topological polar surface area (TPSA) is 38.1 Å². The minimum atomic E-state index is 0.0459. The van der Waals surface area contributed by atoms with E-state index in [0.29, 0.717) is 17.1 Å². The molecule has 1 amide bonds. The quantitative estimate of drug-likeness (QED) is 0.692.